The van der Waals surface area contributed by atoms with Gasteiger partial charge in [0, 0.05) is 50.6 Å². The van der Waals surface area contributed by atoms with E-state index in [9.17, 15) is 9.59 Å². The molecule has 2 saturated heterocycles. The van der Waals surface area contributed by atoms with Crippen molar-refractivity contribution in [2.75, 3.05) is 32.7 Å². The predicted octanol–water partition coefficient (Wildman–Crippen LogP) is 5.34. The van der Waals surface area contributed by atoms with Crippen LogP contribution in [-0.4, -0.2) is 65.6 Å². The lowest BCUT2D eigenvalue weighted by molar-refractivity contribution is -0.268. The van der Waals surface area contributed by atoms with Gasteiger partial charge in [0.2, 0.25) is 5.91 Å². The largest absolute Gasteiger partial charge is 0.339 e. The van der Waals surface area contributed by atoms with Crippen molar-refractivity contribution in [2.45, 2.75) is 63.6 Å². The summed E-state index contributed by atoms with van der Waals surface area (Å²) >= 11 is 0. The highest BCUT2D eigenvalue weighted by molar-refractivity contribution is 5.79. The van der Waals surface area contributed by atoms with Crippen LogP contribution in [0.15, 0.2) is 73.3 Å². The summed E-state index contributed by atoms with van der Waals surface area (Å²) in [6.07, 6.45) is 7.76. The molecule has 0 bridgehead atoms. The second kappa shape index (κ2) is 13.0. The molecule has 0 spiro atoms. The number of hydrogen-bond acceptors (Lipinski definition) is 4. The second-order valence-electron chi connectivity index (χ2n) is 11.7. The van der Waals surface area contributed by atoms with Crippen molar-refractivity contribution in [1.29, 1.82) is 0 Å². The first kappa shape index (κ1) is 28.4. The van der Waals surface area contributed by atoms with Crippen molar-refractivity contribution in [3.63, 3.8) is 0 Å². The van der Waals surface area contributed by atoms with E-state index in [2.05, 4.69) is 53.0 Å². The molecule has 1 aliphatic carbocycles. The van der Waals surface area contributed by atoms with Crippen LogP contribution in [0.25, 0.3) is 0 Å². The number of carbonyl (C=O) groups excluding carboxylic acids is 2. The fourth-order valence-corrected chi connectivity index (χ4v) is 6.74. The molecule has 3 fully saturated rings. The first-order valence-electron chi connectivity index (χ1n) is 15.0. The Kier molecular flexibility index (Phi) is 9.22. The zero-order chi connectivity index (χ0) is 28.0. The van der Waals surface area contributed by atoms with E-state index in [4.69, 9.17) is 4.84 Å². The molecule has 1 saturated carbocycles. The molecule has 2 aromatic rings. The maximum atomic E-state index is 13.4. The highest BCUT2D eigenvalue weighted by Crippen LogP contribution is 2.43. The number of nitrogens with one attached hydrogen (secondary N) is 1. The Morgan fingerprint density at radius 1 is 1.02 bits per heavy atom. The quantitative estimate of drug-likeness (QED) is 0.433. The van der Waals surface area contributed by atoms with Gasteiger partial charge in [-0.05, 0) is 36.8 Å². The highest BCUT2D eigenvalue weighted by Gasteiger charge is 2.51. The van der Waals surface area contributed by atoms with Crippen LogP contribution in [0, 0.1) is 11.8 Å². The predicted molar refractivity (Wildman–Crippen MR) is 157 cm³/mol. The summed E-state index contributed by atoms with van der Waals surface area (Å²) in [6, 6.07) is 20.4. The Morgan fingerprint density at radius 3 is 2.33 bits per heavy atom. The summed E-state index contributed by atoms with van der Waals surface area (Å²) in [6.45, 7) is 9.86. The van der Waals surface area contributed by atoms with Crippen LogP contribution in [0.4, 0.5) is 4.79 Å². The molecule has 2 heterocycles. The lowest BCUT2D eigenvalue weighted by atomic mass is 9.85. The Hall–Kier alpha value is -3.16. The third kappa shape index (κ3) is 6.26. The maximum absolute atomic E-state index is 13.4. The number of rotatable bonds is 9. The molecule has 3 amide bonds. The Labute approximate surface area is 239 Å². The van der Waals surface area contributed by atoms with E-state index in [0.717, 1.165) is 69.3 Å². The topological polar surface area (TPSA) is 65.1 Å². The van der Waals surface area contributed by atoms with Gasteiger partial charge < -0.3 is 15.1 Å². The normalized spacial score (nSPS) is 24.2. The summed E-state index contributed by atoms with van der Waals surface area (Å²) in [5.41, 5.74) is 1.63. The van der Waals surface area contributed by atoms with Crippen LogP contribution in [-0.2, 0) is 21.8 Å². The van der Waals surface area contributed by atoms with Crippen LogP contribution in [0.1, 0.15) is 56.6 Å². The van der Waals surface area contributed by atoms with Crippen LogP contribution in [0.5, 0.6) is 0 Å². The number of likely N-dealkylation sites (tertiary alicyclic amines) is 1. The van der Waals surface area contributed by atoms with E-state index < -0.39 is 5.60 Å². The molecule has 214 valence electrons. The van der Waals surface area contributed by atoms with Crippen molar-refractivity contribution in [3.8, 4) is 0 Å². The SMILES string of the molecule is C=CCN(C(=O)NCc1ccccc1)C1CCN(O[C@]2(c3ccccc3)CN(C(=O)C3CCCC3)C[C@@H]2C)CC1. The van der Waals surface area contributed by atoms with Gasteiger partial charge >= 0.3 is 6.03 Å². The number of benzene rings is 2. The molecule has 0 unspecified atom stereocenters. The zero-order valence-electron chi connectivity index (χ0n) is 23.8. The summed E-state index contributed by atoms with van der Waals surface area (Å²) in [7, 11) is 0. The smallest absolute Gasteiger partial charge is 0.318 e. The Morgan fingerprint density at radius 2 is 1.68 bits per heavy atom. The van der Waals surface area contributed by atoms with Crippen molar-refractivity contribution < 1.29 is 14.4 Å². The van der Waals surface area contributed by atoms with E-state index in [1.165, 1.54) is 0 Å². The lowest BCUT2D eigenvalue weighted by Crippen LogP contribution is -2.52. The van der Waals surface area contributed by atoms with E-state index in [1.807, 2.05) is 41.3 Å². The van der Waals surface area contributed by atoms with Gasteiger partial charge in [-0.15, -0.1) is 6.58 Å². The molecule has 2 aromatic carbocycles. The average Bonchev–Trinajstić information content (AvgIpc) is 3.65. The molecular weight excluding hydrogens is 500 g/mol. The Bertz CT molecular complexity index is 1130. The van der Waals surface area contributed by atoms with Gasteiger partial charge in [-0.25, -0.2) is 4.79 Å². The molecule has 3 aliphatic rings. The molecule has 7 heteroatoms. The molecule has 0 radical (unpaired) electrons. The minimum Gasteiger partial charge on any atom is -0.339 e. The number of nitrogens with zero attached hydrogens (tertiary/aromatic N) is 3. The van der Waals surface area contributed by atoms with E-state index in [1.54, 1.807) is 6.08 Å². The third-order valence-corrected chi connectivity index (χ3v) is 9.02. The fraction of sp³-hybridized carbons (Fsp3) is 0.515. The summed E-state index contributed by atoms with van der Waals surface area (Å²) in [5, 5.41) is 5.16. The molecular formula is C33H44N4O3. The maximum Gasteiger partial charge on any atom is 0.318 e. The third-order valence-electron chi connectivity index (χ3n) is 9.02. The molecule has 7 nitrogen and oxygen atoms in total. The average molecular weight is 545 g/mol. The summed E-state index contributed by atoms with van der Waals surface area (Å²) < 4.78 is 0. The van der Waals surface area contributed by atoms with Gasteiger partial charge in [0.1, 0.15) is 5.60 Å². The van der Waals surface area contributed by atoms with E-state index >= 15 is 0 Å². The van der Waals surface area contributed by atoms with Crippen molar-refractivity contribution >= 4 is 11.9 Å². The highest BCUT2D eigenvalue weighted by atomic mass is 16.7. The molecule has 40 heavy (non-hydrogen) atoms. The van der Waals surface area contributed by atoms with E-state index in [-0.39, 0.29) is 23.9 Å². The second-order valence-corrected chi connectivity index (χ2v) is 11.7. The number of hydroxylamine groups is 2. The summed E-state index contributed by atoms with van der Waals surface area (Å²) in [5.74, 6) is 0.628. The van der Waals surface area contributed by atoms with Crippen LogP contribution in [0.3, 0.4) is 0 Å². The number of piperidine rings is 1. The van der Waals surface area contributed by atoms with E-state index in [0.29, 0.717) is 25.5 Å². The first-order chi connectivity index (χ1) is 19.5. The molecule has 2 atom stereocenters. The summed E-state index contributed by atoms with van der Waals surface area (Å²) in [4.78, 5) is 37.4. The first-order valence-corrected chi connectivity index (χ1v) is 15.0. The number of hydrogen-bond donors (Lipinski definition) is 1. The van der Waals surface area contributed by atoms with Gasteiger partial charge in [-0.3, -0.25) is 9.63 Å². The van der Waals surface area contributed by atoms with Crippen molar-refractivity contribution in [2.24, 2.45) is 11.8 Å². The molecule has 1 N–H and O–H groups in total. The number of amides is 3. The van der Waals surface area contributed by atoms with Crippen LogP contribution in [0.2, 0.25) is 0 Å². The van der Waals surface area contributed by atoms with Crippen LogP contribution >= 0.6 is 0 Å². The fourth-order valence-electron chi connectivity index (χ4n) is 6.74. The van der Waals surface area contributed by atoms with Gasteiger partial charge in [-0.2, -0.15) is 5.06 Å². The lowest BCUT2D eigenvalue weighted by Gasteiger charge is -2.42. The van der Waals surface area contributed by atoms with Gasteiger partial charge in [0.25, 0.3) is 0 Å². The van der Waals surface area contributed by atoms with Gasteiger partial charge in [-0.1, -0.05) is 86.5 Å². The van der Waals surface area contributed by atoms with Crippen LogP contribution < -0.4 is 5.32 Å². The van der Waals surface area contributed by atoms with Crippen molar-refractivity contribution in [1.82, 2.24) is 20.2 Å². The standard InChI is InChI=1S/C33H44N4O3/c1-3-20-37(32(39)34-23-27-12-6-4-7-13-27)30-18-21-36(22-19-30)40-33(29-16-8-5-9-17-29)25-35(24-26(33)2)31(38)28-14-10-11-15-28/h3-9,12-13,16-17,26,28,30H,1,10-11,14-15,18-25H2,2H3,(H,34,39)/t26-,33+/m0/s1. The Balaban J connectivity index is 1.24. The van der Waals surface area contributed by atoms with Gasteiger partial charge in [0.15, 0.2) is 0 Å². The molecule has 5 rings (SSSR count). The number of carbonyl (C=O) groups is 2. The zero-order valence-corrected chi connectivity index (χ0v) is 23.8. The monoisotopic (exact) mass is 544 g/mol. The number of urea groups is 1. The van der Waals surface area contributed by atoms with Crippen molar-refractivity contribution in [3.05, 3.63) is 84.4 Å². The minimum absolute atomic E-state index is 0.0608. The minimum atomic E-state index is -0.573. The molecule has 0 aromatic heterocycles. The molecule has 2 aliphatic heterocycles. The van der Waals surface area contributed by atoms with Gasteiger partial charge in [0.05, 0.1) is 6.54 Å².